The molecule has 1 aromatic rings. The molecule has 76 valence electrons. The zero-order chi connectivity index (χ0) is 10.4. The number of nitrogens with zero attached hydrogens (tertiary/aromatic N) is 1. The van der Waals surface area contributed by atoms with Gasteiger partial charge in [-0.25, -0.2) is 4.57 Å². The van der Waals surface area contributed by atoms with Gasteiger partial charge in [0.25, 0.3) is 0 Å². The van der Waals surface area contributed by atoms with E-state index in [0.717, 1.165) is 5.69 Å². The summed E-state index contributed by atoms with van der Waals surface area (Å²) in [5.41, 5.74) is 0.955. The molecule has 0 atom stereocenters. The first-order valence-electron chi connectivity index (χ1n) is 4.54. The fraction of sp³-hybridized carbons (Fsp3) is 0.400. The molecule has 0 unspecified atom stereocenters. The topological polar surface area (TPSA) is 61.4 Å². The van der Waals surface area contributed by atoms with Gasteiger partial charge in [-0.05, 0) is 0 Å². The Morgan fingerprint density at radius 3 is 2.86 bits per heavy atom. The summed E-state index contributed by atoms with van der Waals surface area (Å²) in [6.07, 6.45) is 2.49. The molecule has 0 radical (unpaired) electrons. The van der Waals surface area contributed by atoms with E-state index >= 15 is 0 Å². The van der Waals surface area contributed by atoms with Crippen LogP contribution >= 0.6 is 0 Å². The molecule has 1 heterocycles. The number of carboxylic acid groups (broad SMARTS) is 1. The minimum absolute atomic E-state index is 0.0804. The maximum absolute atomic E-state index is 10.4. The highest BCUT2D eigenvalue weighted by atomic mass is 16.4. The SMILES string of the molecule is O=C(O)CC[n+]1ccccc1CCO. The van der Waals surface area contributed by atoms with Crippen LogP contribution in [0.15, 0.2) is 24.4 Å². The molecule has 0 fully saturated rings. The summed E-state index contributed by atoms with van der Waals surface area (Å²) in [5.74, 6) is -0.809. The van der Waals surface area contributed by atoms with Crippen LogP contribution in [0.3, 0.4) is 0 Å². The second kappa shape index (κ2) is 5.34. The fourth-order valence-electron chi connectivity index (χ4n) is 1.29. The Labute approximate surface area is 82.4 Å². The molecule has 0 aliphatic rings. The summed E-state index contributed by atoms with van der Waals surface area (Å²) in [5, 5.41) is 17.3. The predicted molar refractivity (Wildman–Crippen MR) is 49.7 cm³/mol. The zero-order valence-corrected chi connectivity index (χ0v) is 7.89. The molecule has 0 saturated carbocycles. The molecule has 4 heteroatoms. The molecule has 4 nitrogen and oxygen atoms in total. The molecule has 0 aliphatic carbocycles. The van der Waals surface area contributed by atoms with Crippen molar-refractivity contribution in [2.24, 2.45) is 0 Å². The van der Waals surface area contributed by atoms with Crippen molar-refractivity contribution in [1.82, 2.24) is 0 Å². The van der Waals surface area contributed by atoms with Gasteiger partial charge in [-0.15, -0.1) is 0 Å². The minimum atomic E-state index is -0.809. The molecule has 1 rings (SSSR count). The first-order chi connectivity index (χ1) is 6.74. The van der Waals surface area contributed by atoms with E-state index in [0.29, 0.717) is 13.0 Å². The van der Waals surface area contributed by atoms with Crippen LogP contribution < -0.4 is 4.57 Å². The van der Waals surface area contributed by atoms with Gasteiger partial charge in [0, 0.05) is 12.1 Å². The van der Waals surface area contributed by atoms with Crippen LogP contribution in [-0.2, 0) is 17.8 Å². The number of aliphatic hydroxyl groups excluding tert-OH is 1. The lowest BCUT2D eigenvalue weighted by atomic mass is 10.2. The van der Waals surface area contributed by atoms with Crippen LogP contribution in [-0.4, -0.2) is 22.8 Å². The second-order valence-electron chi connectivity index (χ2n) is 3.00. The molecule has 0 saturated heterocycles. The number of rotatable bonds is 5. The first-order valence-corrected chi connectivity index (χ1v) is 4.54. The molecule has 2 N–H and O–H groups in total. The second-order valence-corrected chi connectivity index (χ2v) is 3.00. The van der Waals surface area contributed by atoms with Gasteiger partial charge in [-0.3, -0.25) is 4.79 Å². The van der Waals surface area contributed by atoms with Crippen LogP contribution in [0.5, 0.6) is 0 Å². The van der Waals surface area contributed by atoms with Gasteiger partial charge in [0.2, 0.25) is 0 Å². The molecule has 0 spiro atoms. The van der Waals surface area contributed by atoms with Crippen molar-refractivity contribution in [3.63, 3.8) is 0 Å². The number of aryl methyl sites for hydroxylation is 1. The number of aliphatic carboxylic acids is 1. The standard InChI is InChI=1S/C10H13NO3/c12-8-5-9-3-1-2-6-11(9)7-4-10(13)14/h1-3,6,12H,4-5,7-8H2/p+1. The van der Waals surface area contributed by atoms with Gasteiger partial charge in [-0.1, -0.05) is 6.07 Å². The Morgan fingerprint density at radius 2 is 2.21 bits per heavy atom. The molecule has 0 bridgehead atoms. The van der Waals surface area contributed by atoms with Crippen LogP contribution in [0.1, 0.15) is 12.1 Å². The van der Waals surface area contributed by atoms with E-state index in [1.54, 1.807) is 0 Å². The summed E-state index contributed by atoms with van der Waals surface area (Å²) in [6, 6.07) is 5.61. The minimum Gasteiger partial charge on any atom is -0.481 e. The number of pyridine rings is 1. The Kier molecular flexibility index (Phi) is 4.07. The van der Waals surface area contributed by atoms with Crippen LogP contribution in [0.2, 0.25) is 0 Å². The van der Waals surface area contributed by atoms with Gasteiger partial charge in [-0.2, -0.15) is 0 Å². The van der Waals surface area contributed by atoms with Crippen molar-refractivity contribution in [3.8, 4) is 0 Å². The summed E-state index contributed by atoms with van der Waals surface area (Å²) >= 11 is 0. The molecule has 0 aliphatic heterocycles. The maximum Gasteiger partial charge on any atom is 0.309 e. The summed E-state index contributed by atoms with van der Waals surface area (Å²) in [6.45, 7) is 0.530. The normalized spacial score (nSPS) is 10.1. The quantitative estimate of drug-likeness (QED) is 0.651. The molecular formula is C10H14NO3+. The van der Waals surface area contributed by atoms with E-state index in [1.165, 1.54) is 0 Å². The molecule has 14 heavy (non-hydrogen) atoms. The monoisotopic (exact) mass is 196 g/mol. The lowest BCUT2D eigenvalue weighted by Gasteiger charge is -2.00. The highest BCUT2D eigenvalue weighted by Gasteiger charge is 2.10. The molecular weight excluding hydrogens is 182 g/mol. The van der Waals surface area contributed by atoms with Crippen molar-refractivity contribution < 1.29 is 19.6 Å². The number of hydrogen-bond acceptors (Lipinski definition) is 2. The number of aromatic nitrogens is 1. The van der Waals surface area contributed by atoms with Crippen LogP contribution in [0.25, 0.3) is 0 Å². The summed E-state index contributed by atoms with van der Waals surface area (Å²) in [4.78, 5) is 10.4. The highest BCUT2D eigenvalue weighted by molar-refractivity contribution is 5.66. The van der Waals surface area contributed by atoms with E-state index in [9.17, 15) is 4.79 Å². The van der Waals surface area contributed by atoms with E-state index < -0.39 is 5.97 Å². The lowest BCUT2D eigenvalue weighted by molar-refractivity contribution is -0.703. The lowest BCUT2D eigenvalue weighted by Crippen LogP contribution is -2.39. The third kappa shape index (κ3) is 3.14. The summed E-state index contributed by atoms with van der Waals surface area (Å²) < 4.78 is 1.85. The van der Waals surface area contributed by atoms with Gasteiger partial charge in [0.15, 0.2) is 18.4 Å². The summed E-state index contributed by atoms with van der Waals surface area (Å²) in [7, 11) is 0. The number of carbonyl (C=O) groups is 1. The fourth-order valence-corrected chi connectivity index (χ4v) is 1.29. The first kappa shape index (κ1) is 10.7. The number of carboxylic acids is 1. The average Bonchev–Trinajstić information content (AvgIpc) is 2.17. The third-order valence-corrected chi connectivity index (χ3v) is 1.97. The Hall–Kier alpha value is -1.42. The Bertz CT molecular complexity index is 312. The predicted octanol–water partition coefficient (Wildman–Crippen LogP) is -0.0164. The van der Waals surface area contributed by atoms with Crippen molar-refractivity contribution in [1.29, 1.82) is 0 Å². The van der Waals surface area contributed by atoms with E-state index in [4.69, 9.17) is 10.2 Å². The van der Waals surface area contributed by atoms with E-state index in [-0.39, 0.29) is 13.0 Å². The molecule has 0 amide bonds. The van der Waals surface area contributed by atoms with Crippen molar-refractivity contribution >= 4 is 5.97 Å². The van der Waals surface area contributed by atoms with Gasteiger partial charge >= 0.3 is 5.97 Å². The van der Waals surface area contributed by atoms with Gasteiger partial charge < -0.3 is 10.2 Å². The maximum atomic E-state index is 10.4. The average molecular weight is 196 g/mol. The van der Waals surface area contributed by atoms with Crippen molar-refractivity contribution in [2.45, 2.75) is 19.4 Å². The van der Waals surface area contributed by atoms with Crippen molar-refractivity contribution in [2.75, 3.05) is 6.61 Å². The smallest absolute Gasteiger partial charge is 0.309 e. The number of aliphatic hydroxyl groups is 1. The van der Waals surface area contributed by atoms with Crippen LogP contribution in [0.4, 0.5) is 0 Å². The highest BCUT2D eigenvalue weighted by Crippen LogP contribution is 1.93. The van der Waals surface area contributed by atoms with Gasteiger partial charge in [0.05, 0.1) is 13.0 Å². The Balaban J connectivity index is 2.68. The number of hydrogen-bond donors (Lipinski definition) is 2. The molecule has 1 aromatic heterocycles. The van der Waals surface area contributed by atoms with Gasteiger partial charge in [0.1, 0.15) is 6.42 Å². The van der Waals surface area contributed by atoms with Crippen molar-refractivity contribution in [3.05, 3.63) is 30.1 Å². The molecule has 0 aromatic carbocycles. The van der Waals surface area contributed by atoms with E-state index in [2.05, 4.69) is 0 Å². The van der Waals surface area contributed by atoms with E-state index in [1.807, 2.05) is 29.0 Å². The Morgan fingerprint density at radius 1 is 1.43 bits per heavy atom. The third-order valence-electron chi connectivity index (χ3n) is 1.97. The zero-order valence-electron chi connectivity index (χ0n) is 7.89. The largest absolute Gasteiger partial charge is 0.481 e. The van der Waals surface area contributed by atoms with Crippen LogP contribution in [0, 0.1) is 0 Å².